The van der Waals surface area contributed by atoms with Gasteiger partial charge in [0.15, 0.2) is 0 Å². The third-order valence-electron chi connectivity index (χ3n) is 6.85. The summed E-state index contributed by atoms with van der Waals surface area (Å²) in [4.78, 5) is 34.9. The van der Waals surface area contributed by atoms with Gasteiger partial charge in [0.05, 0.1) is 35.4 Å². The first-order valence-corrected chi connectivity index (χ1v) is 10.8. The van der Waals surface area contributed by atoms with Crippen molar-refractivity contribution >= 4 is 16.9 Å². The molecule has 0 atom stereocenters. The lowest BCUT2D eigenvalue weighted by Crippen LogP contribution is -2.44. The summed E-state index contributed by atoms with van der Waals surface area (Å²) in [6, 6.07) is 10.2. The van der Waals surface area contributed by atoms with Gasteiger partial charge in [0, 0.05) is 43.7 Å². The zero-order valence-electron chi connectivity index (χ0n) is 17.6. The molecule has 5 heterocycles. The highest BCUT2D eigenvalue weighted by molar-refractivity contribution is 5.88. The van der Waals surface area contributed by atoms with Crippen LogP contribution < -0.4 is 5.56 Å². The van der Waals surface area contributed by atoms with Gasteiger partial charge >= 0.3 is 5.97 Å². The molecule has 0 saturated carbocycles. The quantitative estimate of drug-likeness (QED) is 0.464. The maximum absolute atomic E-state index is 13.2. The first-order valence-electron chi connectivity index (χ1n) is 10.8. The maximum Gasteiger partial charge on any atom is 0.310 e. The standard InChI is InChI=1S/C24H24N4O3/c1-26-6-8-27(9-7-26)12-17-16-4-2-3-5-20(16)25-23-18(17)13-28-21(23)10-15-11-22(29)31-14-19(15)24(28)30/h2-5,10H,6-9,11-14H2,1H3. The lowest BCUT2D eigenvalue weighted by molar-refractivity contribution is -0.145. The Labute approximate surface area is 179 Å². The molecule has 7 nitrogen and oxygen atoms in total. The number of nitrogens with zero attached hydrogens (tertiary/aromatic N) is 4. The van der Waals surface area contributed by atoms with Gasteiger partial charge in [-0.15, -0.1) is 0 Å². The number of ether oxygens (including phenoxy) is 1. The summed E-state index contributed by atoms with van der Waals surface area (Å²) in [5.74, 6) is -0.280. The number of esters is 1. The Hall–Kier alpha value is -3.03. The van der Waals surface area contributed by atoms with Gasteiger partial charge in [0.1, 0.15) is 6.61 Å². The summed E-state index contributed by atoms with van der Waals surface area (Å²) in [5, 5.41) is 1.16. The number of piperazine rings is 1. The van der Waals surface area contributed by atoms with Crippen molar-refractivity contribution in [2.24, 2.45) is 0 Å². The van der Waals surface area contributed by atoms with Crippen LogP contribution in [0.25, 0.3) is 22.3 Å². The number of cyclic esters (lactones) is 1. The van der Waals surface area contributed by atoms with E-state index < -0.39 is 0 Å². The van der Waals surface area contributed by atoms with E-state index in [1.807, 2.05) is 22.8 Å². The Balaban J connectivity index is 1.51. The van der Waals surface area contributed by atoms with E-state index in [0.29, 0.717) is 12.1 Å². The topological polar surface area (TPSA) is 67.7 Å². The molecule has 0 spiro atoms. The zero-order chi connectivity index (χ0) is 21.1. The van der Waals surface area contributed by atoms with Gasteiger partial charge in [-0.25, -0.2) is 4.98 Å². The van der Waals surface area contributed by atoms with Gasteiger partial charge in [-0.1, -0.05) is 18.2 Å². The number of hydrogen-bond acceptors (Lipinski definition) is 6. The van der Waals surface area contributed by atoms with Crippen LogP contribution in [-0.2, 0) is 35.6 Å². The molecule has 1 aromatic carbocycles. The van der Waals surface area contributed by atoms with E-state index in [0.717, 1.165) is 66.1 Å². The summed E-state index contributed by atoms with van der Waals surface area (Å²) in [6.45, 7) is 5.62. The van der Waals surface area contributed by atoms with E-state index in [1.165, 1.54) is 5.56 Å². The van der Waals surface area contributed by atoms with Gasteiger partial charge in [0.2, 0.25) is 0 Å². The molecule has 3 aliphatic heterocycles. The number of fused-ring (bicyclic) bond motifs is 5. The van der Waals surface area contributed by atoms with Crippen LogP contribution in [0.4, 0.5) is 0 Å². The smallest absolute Gasteiger partial charge is 0.310 e. The van der Waals surface area contributed by atoms with Gasteiger partial charge in [-0.05, 0) is 30.3 Å². The second kappa shape index (κ2) is 7.00. The molecular weight excluding hydrogens is 392 g/mol. The number of hydrogen-bond donors (Lipinski definition) is 0. The average molecular weight is 416 g/mol. The molecule has 2 aromatic heterocycles. The lowest BCUT2D eigenvalue weighted by atomic mass is 9.99. The predicted molar refractivity (Wildman–Crippen MR) is 117 cm³/mol. The molecule has 0 N–H and O–H groups in total. The number of rotatable bonds is 2. The molecule has 31 heavy (non-hydrogen) atoms. The summed E-state index contributed by atoms with van der Waals surface area (Å²) >= 11 is 0. The SMILES string of the molecule is CN1CCN(Cc2c3c(nc4ccccc24)-c2cc4c(c(=O)n2C3)COC(=O)C4)CC1. The third kappa shape index (κ3) is 2.99. The van der Waals surface area contributed by atoms with Gasteiger partial charge in [0.25, 0.3) is 5.56 Å². The highest BCUT2D eigenvalue weighted by atomic mass is 16.5. The number of benzene rings is 1. The summed E-state index contributed by atoms with van der Waals surface area (Å²) < 4.78 is 6.95. The Bertz CT molecular complexity index is 1290. The van der Waals surface area contributed by atoms with Gasteiger partial charge in [-0.3, -0.25) is 14.5 Å². The molecule has 7 heteroatoms. The Kier molecular flexibility index (Phi) is 4.23. The van der Waals surface area contributed by atoms with Crippen LogP contribution >= 0.6 is 0 Å². The van der Waals surface area contributed by atoms with Crippen LogP contribution in [0, 0.1) is 0 Å². The van der Waals surface area contributed by atoms with E-state index in [1.54, 1.807) is 0 Å². The minimum absolute atomic E-state index is 0.0624. The van der Waals surface area contributed by atoms with E-state index >= 15 is 0 Å². The predicted octanol–water partition coefficient (Wildman–Crippen LogP) is 1.77. The average Bonchev–Trinajstić information content (AvgIpc) is 3.13. The molecule has 1 fully saturated rings. The van der Waals surface area contributed by atoms with Gasteiger partial charge in [-0.2, -0.15) is 0 Å². The van der Waals surface area contributed by atoms with Crippen molar-refractivity contribution in [3.8, 4) is 11.4 Å². The maximum atomic E-state index is 13.2. The number of carbonyl (C=O) groups excluding carboxylic acids is 1. The van der Waals surface area contributed by atoms with Crippen molar-refractivity contribution in [1.29, 1.82) is 0 Å². The lowest BCUT2D eigenvalue weighted by Gasteiger charge is -2.33. The van der Waals surface area contributed by atoms with E-state index in [-0.39, 0.29) is 24.6 Å². The van der Waals surface area contributed by atoms with Crippen LogP contribution in [-0.4, -0.2) is 58.5 Å². The Morgan fingerprint density at radius 2 is 1.87 bits per heavy atom. The molecule has 1 saturated heterocycles. The van der Waals surface area contributed by atoms with Crippen LogP contribution in [0.2, 0.25) is 0 Å². The molecule has 6 rings (SSSR count). The highest BCUT2D eigenvalue weighted by Crippen LogP contribution is 2.37. The van der Waals surface area contributed by atoms with E-state index in [4.69, 9.17) is 9.72 Å². The van der Waals surface area contributed by atoms with Gasteiger partial charge < -0.3 is 14.2 Å². The van der Waals surface area contributed by atoms with Crippen molar-refractivity contribution in [3.63, 3.8) is 0 Å². The Morgan fingerprint density at radius 3 is 2.71 bits per heavy atom. The number of pyridine rings is 2. The molecule has 158 valence electrons. The second-order valence-electron chi connectivity index (χ2n) is 8.78. The first kappa shape index (κ1) is 18.7. The Morgan fingerprint density at radius 1 is 1.06 bits per heavy atom. The first-order chi connectivity index (χ1) is 15.1. The molecule has 3 aliphatic rings. The van der Waals surface area contributed by atoms with E-state index in [9.17, 15) is 9.59 Å². The van der Waals surface area contributed by atoms with Crippen LogP contribution in [0.1, 0.15) is 22.3 Å². The minimum Gasteiger partial charge on any atom is -0.460 e. The van der Waals surface area contributed by atoms with Crippen molar-refractivity contribution < 1.29 is 9.53 Å². The molecule has 0 bridgehead atoms. The third-order valence-corrected chi connectivity index (χ3v) is 6.85. The molecule has 0 amide bonds. The molecule has 3 aromatic rings. The number of para-hydroxylation sites is 1. The second-order valence-corrected chi connectivity index (χ2v) is 8.78. The van der Waals surface area contributed by atoms with Crippen molar-refractivity contribution in [1.82, 2.24) is 19.4 Å². The van der Waals surface area contributed by atoms with Crippen molar-refractivity contribution in [2.75, 3.05) is 33.2 Å². The summed E-state index contributed by atoms with van der Waals surface area (Å²) in [7, 11) is 2.16. The fourth-order valence-electron chi connectivity index (χ4n) is 5.03. The fraction of sp³-hybridized carbons (Fsp3) is 0.375. The molecule has 0 aliphatic carbocycles. The van der Waals surface area contributed by atoms with Crippen LogP contribution in [0.5, 0.6) is 0 Å². The largest absolute Gasteiger partial charge is 0.460 e. The minimum atomic E-state index is -0.280. The summed E-state index contributed by atoms with van der Waals surface area (Å²) in [6.07, 6.45) is 0.148. The van der Waals surface area contributed by atoms with Crippen LogP contribution in [0.15, 0.2) is 35.1 Å². The normalized spacial score (nSPS) is 18.5. The molecule has 0 unspecified atom stereocenters. The van der Waals surface area contributed by atoms with Crippen molar-refractivity contribution in [2.45, 2.75) is 26.1 Å². The number of carbonyl (C=O) groups is 1. The fourth-order valence-corrected chi connectivity index (χ4v) is 5.03. The highest BCUT2D eigenvalue weighted by Gasteiger charge is 2.31. The van der Waals surface area contributed by atoms with Crippen LogP contribution in [0.3, 0.4) is 0 Å². The summed E-state index contributed by atoms with van der Waals surface area (Å²) in [5.41, 5.74) is 6.34. The van der Waals surface area contributed by atoms with E-state index in [2.05, 4.69) is 29.0 Å². The molecular formula is C24H24N4O3. The number of aromatic nitrogens is 2. The molecule has 0 radical (unpaired) electrons. The number of likely N-dealkylation sites (N-methyl/N-ethyl adjacent to an activating group) is 1. The zero-order valence-corrected chi connectivity index (χ0v) is 17.6. The van der Waals surface area contributed by atoms with Crippen molar-refractivity contribution in [3.05, 3.63) is 62.9 Å². The monoisotopic (exact) mass is 416 g/mol.